The molecule has 0 bridgehead atoms. The lowest BCUT2D eigenvalue weighted by Crippen LogP contribution is -2.15. The maximum Gasteiger partial charge on any atom is 0.116 e. The summed E-state index contributed by atoms with van der Waals surface area (Å²) < 4.78 is 0. The van der Waals surface area contributed by atoms with Crippen molar-refractivity contribution < 1.29 is 5.11 Å². The summed E-state index contributed by atoms with van der Waals surface area (Å²) in [5, 5.41) is 10.4. The first-order chi connectivity index (χ1) is 6.09. The molecule has 0 saturated heterocycles. The van der Waals surface area contributed by atoms with Crippen LogP contribution in [0.3, 0.4) is 0 Å². The number of hydrogen-bond donors (Lipinski definition) is 1. The third-order valence-corrected chi connectivity index (χ3v) is 3.00. The minimum Gasteiger partial charge on any atom is -0.392 e. The lowest BCUT2D eigenvalue weighted by atomic mass is 10.3. The van der Waals surface area contributed by atoms with Crippen molar-refractivity contribution in [2.45, 2.75) is 37.2 Å². The van der Waals surface area contributed by atoms with Crippen LogP contribution < -0.4 is 0 Å². The Morgan fingerprint density at radius 1 is 1.38 bits per heavy atom. The maximum absolute atomic E-state index is 9.29. The highest BCUT2D eigenvalue weighted by molar-refractivity contribution is 7.99. The van der Waals surface area contributed by atoms with Crippen LogP contribution in [0.15, 0.2) is 17.4 Å². The molecule has 0 spiro atoms. The van der Waals surface area contributed by atoms with E-state index in [4.69, 9.17) is 0 Å². The lowest BCUT2D eigenvalue weighted by Gasteiger charge is -2.12. The molecule has 2 atom stereocenters. The van der Waals surface area contributed by atoms with Crippen molar-refractivity contribution in [3.05, 3.63) is 18.1 Å². The molecule has 1 heterocycles. The van der Waals surface area contributed by atoms with Crippen molar-refractivity contribution in [2.75, 3.05) is 0 Å². The van der Waals surface area contributed by atoms with E-state index < -0.39 is 0 Å². The van der Waals surface area contributed by atoms with Crippen LogP contribution in [-0.2, 0) is 0 Å². The summed E-state index contributed by atoms with van der Waals surface area (Å²) in [5.41, 5.74) is 0.954. The second kappa shape index (κ2) is 4.58. The number of hydrogen-bond acceptors (Lipinski definition) is 4. The molecule has 1 aromatic rings. The number of aliphatic hydroxyl groups is 1. The first kappa shape index (κ1) is 10.5. The third-order valence-electron chi connectivity index (χ3n) is 1.76. The van der Waals surface area contributed by atoms with E-state index in [1.165, 1.54) is 0 Å². The van der Waals surface area contributed by atoms with E-state index >= 15 is 0 Å². The molecule has 0 amide bonds. The second-order valence-electron chi connectivity index (χ2n) is 3.06. The average Bonchev–Trinajstić information content (AvgIpc) is 2.04. The average molecular weight is 198 g/mol. The van der Waals surface area contributed by atoms with Crippen LogP contribution >= 0.6 is 11.8 Å². The molecule has 1 aromatic heterocycles. The van der Waals surface area contributed by atoms with Gasteiger partial charge in [-0.15, -0.1) is 11.8 Å². The van der Waals surface area contributed by atoms with Crippen LogP contribution in [-0.4, -0.2) is 26.4 Å². The van der Waals surface area contributed by atoms with Gasteiger partial charge in [0.2, 0.25) is 0 Å². The molecular formula is C9H14N2OS. The molecule has 0 fully saturated rings. The van der Waals surface area contributed by atoms with Gasteiger partial charge < -0.3 is 5.11 Å². The highest BCUT2D eigenvalue weighted by atomic mass is 32.2. The molecule has 2 unspecified atom stereocenters. The van der Waals surface area contributed by atoms with E-state index in [2.05, 4.69) is 9.97 Å². The van der Waals surface area contributed by atoms with Crippen molar-refractivity contribution >= 4 is 11.8 Å². The molecule has 13 heavy (non-hydrogen) atoms. The van der Waals surface area contributed by atoms with Crippen LogP contribution in [0, 0.1) is 6.92 Å². The summed E-state index contributed by atoms with van der Waals surface area (Å²) in [6, 6.07) is 1.92. The Morgan fingerprint density at radius 2 is 2.08 bits per heavy atom. The monoisotopic (exact) mass is 198 g/mol. The van der Waals surface area contributed by atoms with Gasteiger partial charge in [-0.1, -0.05) is 6.92 Å². The fourth-order valence-corrected chi connectivity index (χ4v) is 1.71. The summed E-state index contributed by atoms with van der Waals surface area (Å²) >= 11 is 1.56. The van der Waals surface area contributed by atoms with E-state index in [0.717, 1.165) is 10.7 Å². The standard InChI is InChI=1S/C9H14N2OS/c1-6-4-9(11-5-10-6)13-8(3)7(2)12/h4-5,7-8,12H,1-3H3. The number of rotatable bonds is 3. The summed E-state index contributed by atoms with van der Waals surface area (Å²) in [5.74, 6) is 0. The normalized spacial score (nSPS) is 15.4. The van der Waals surface area contributed by atoms with Crippen molar-refractivity contribution in [2.24, 2.45) is 0 Å². The molecule has 0 aliphatic heterocycles. The largest absolute Gasteiger partial charge is 0.392 e. The SMILES string of the molecule is Cc1cc(SC(C)C(C)O)ncn1. The van der Waals surface area contributed by atoms with Crippen molar-refractivity contribution in [1.29, 1.82) is 0 Å². The van der Waals surface area contributed by atoms with Crippen LogP contribution in [0.25, 0.3) is 0 Å². The Kier molecular flexibility index (Phi) is 3.69. The zero-order valence-electron chi connectivity index (χ0n) is 8.06. The number of aromatic nitrogens is 2. The highest BCUT2D eigenvalue weighted by Crippen LogP contribution is 2.22. The molecule has 1 N–H and O–H groups in total. The van der Waals surface area contributed by atoms with Gasteiger partial charge in [-0.05, 0) is 19.9 Å². The molecule has 1 rings (SSSR count). The van der Waals surface area contributed by atoms with E-state index in [0.29, 0.717) is 0 Å². The summed E-state index contributed by atoms with van der Waals surface area (Å²) in [6.45, 7) is 5.69. The zero-order chi connectivity index (χ0) is 9.84. The topological polar surface area (TPSA) is 46.0 Å². The quantitative estimate of drug-likeness (QED) is 0.592. The number of thioether (sulfide) groups is 1. The minimum absolute atomic E-state index is 0.161. The molecule has 0 aromatic carbocycles. The van der Waals surface area contributed by atoms with Crippen molar-refractivity contribution in [3.63, 3.8) is 0 Å². The minimum atomic E-state index is -0.319. The first-order valence-corrected chi connectivity index (χ1v) is 5.11. The van der Waals surface area contributed by atoms with Gasteiger partial charge in [0, 0.05) is 10.9 Å². The molecular weight excluding hydrogens is 184 g/mol. The number of aliphatic hydroxyl groups excluding tert-OH is 1. The summed E-state index contributed by atoms with van der Waals surface area (Å²) in [4.78, 5) is 8.11. The van der Waals surface area contributed by atoms with Gasteiger partial charge in [0.05, 0.1) is 11.1 Å². The van der Waals surface area contributed by atoms with Gasteiger partial charge in [-0.3, -0.25) is 0 Å². The smallest absolute Gasteiger partial charge is 0.116 e. The molecule has 0 aliphatic rings. The van der Waals surface area contributed by atoms with E-state index in [1.807, 2.05) is 19.9 Å². The van der Waals surface area contributed by atoms with Gasteiger partial charge in [-0.2, -0.15) is 0 Å². The molecule has 0 saturated carbocycles. The Bertz CT molecular complexity index is 278. The van der Waals surface area contributed by atoms with Gasteiger partial charge in [-0.25, -0.2) is 9.97 Å². The molecule has 3 nitrogen and oxygen atoms in total. The van der Waals surface area contributed by atoms with Gasteiger partial charge in [0.1, 0.15) is 6.33 Å². The van der Waals surface area contributed by atoms with Gasteiger partial charge in [0.25, 0.3) is 0 Å². The van der Waals surface area contributed by atoms with Gasteiger partial charge in [0.15, 0.2) is 0 Å². The molecule has 0 radical (unpaired) electrons. The predicted molar refractivity (Wildman–Crippen MR) is 53.8 cm³/mol. The zero-order valence-corrected chi connectivity index (χ0v) is 8.88. The van der Waals surface area contributed by atoms with Crippen LogP contribution in [0.5, 0.6) is 0 Å². The third kappa shape index (κ3) is 3.32. The van der Waals surface area contributed by atoms with Crippen LogP contribution in [0.4, 0.5) is 0 Å². The van der Waals surface area contributed by atoms with E-state index in [9.17, 15) is 5.11 Å². The molecule has 72 valence electrons. The fraction of sp³-hybridized carbons (Fsp3) is 0.556. The second-order valence-corrected chi connectivity index (χ2v) is 4.46. The maximum atomic E-state index is 9.29. The number of aryl methyl sites for hydroxylation is 1. The fourth-order valence-electron chi connectivity index (χ4n) is 0.783. The predicted octanol–water partition coefficient (Wildman–Crippen LogP) is 1.65. The number of nitrogens with zero attached hydrogens (tertiary/aromatic N) is 2. The lowest BCUT2D eigenvalue weighted by molar-refractivity contribution is 0.196. The van der Waals surface area contributed by atoms with Crippen molar-refractivity contribution in [3.8, 4) is 0 Å². The van der Waals surface area contributed by atoms with E-state index in [1.54, 1.807) is 25.0 Å². The first-order valence-electron chi connectivity index (χ1n) is 4.23. The van der Waals surface area contributed by atoms with Gasteiger partial charge >= 0.3 is 0 Å². The van der Waals surface area contributed by atoms with Crippen LogP contribution in [0.1, 0.15) is 19.5 Å². The van der Waals surface area contributed by atoms with Crippen LogP contribution in [0.2, 0.25) is 0 Å². The Morgan fingerprint density at radius 3 is 2.62 bits per heavy atom. The Labute approximate surface area is 82.6 Å². The van der Waals surface area contributed by atoms with Crippen molar-refractivity contribution in [1.82, 2.24) is 9.97 Å². The molecule has 0 aliphatic carbocycles. The Hall–Kier alpha value is -0.610. The summed E-state index contributed by atoms with van der Waals surface area (Å²) in [6.07, 6.45) is 1.23. The van der Waals surface area contributed by atoms with E-state index in [-0.39, 0.29) is 11.4 Å². The Balaban J connectivity index is 2.64. The summed E-state index contributed by atoms with van der Waals surface area (Å²) in [7, 11) is 0. The highest BCUT2D eigenvalue weighted by Gasteiger charge is 2.10. The molecule has 4 heteroatoms.